The van der Waals surface area contributed by atoms with E-state index in [4.69, 9.17) is 4.74 Å². The zero-order chi connectivity index (χ0) is 36.5. The molecule has 2 aromatic rings. The minimum absolute atomic E-state index is 0.00593. The third kappa shape index (κ3) is 18.7. The summed E-state index contributed by atoms with van der Waals surface area (Å²) in [6.07, 6.45) is 12.3. The quantitative estimate of drug-likeness (QED) is 0.0719. The molecule has 0 heterocycles. The largest absolute Gasteiger partial charge is 0.496 e. The van der Waals surface area contributed by atoms with Crippen molar-refractivity contribution >= 4 is 28.5 Å². The van der Waals surface area contributed by atoms with Gasteiger partial charge in [0.25, 0.3) is 0 Å². The molecule has 6 heteroatoms. The standard InChI is InChI=1S/C25H32N2O2.C13H27NO.C4H8/c1-16(2)25(28)23-10-9-22(13-17(23)3)27-15-20(6)26-14-19(5)21-8-11-24(29-7)18(4)12-21;1-4-6-7-8-13(15)12(3)9-11-14-10-5-2;1-3-4-2/h8-14,16,27H,15H2,1-7H3;12,14H,4-11H2,1-3H3;3-4H,1-2H3/b19-14+,26-20?;;4-3-. The van der Waals surface area contributed by atoms with Crippen LogP contribution in [-0.2, 0) is 4.79 Å². The summed E-state index contributed by atoms with van der Waals surface area (Å²) in [5, 5.41) is 6.72. The van der Waals surface area contributed by atoms with Gasteiger partial charge in [0.1, 0.15) is 11.5 Å². The smallest absolute Gasteiger partial charge is 0.165 e. The van der Waals surface area contributed by atoms with Gasteiger partial charge >= 0.3 is 0 Å². The maximum absolute atomic E-state index is 12.2. The van der Waals surface area contributed by atoms with Crippen molar-refractivity contribution in [2.75, 3.05) is 32.1 Å². The van der Waals surface area contributed by atoms with Crippen molar-refractivity contribution in [3.63, 3.8) is 0 Å². The molecule has 268 valence electrons. The Morgan fingerprint density at radius 2 is 1.58 bits per heavy atom. The van der Waals surface area contributed by atoms with Gasteiger partial charge in [0.2, 0.25) is 0 Å². The van der Waals surface area contributed by atoms with Gasteiger partial charge in [0.15, 0.2) is 5.78 Å². The molecule has 0 aliphatic heterocycles. The van der Waals surface area contributed by atoms with E-state index in [2.05, 4.69) is 49.4 Å². The van der Waals surface area contributed by atoms with E-state index < -0.39 is 0 Å². The van der Waals surface area contributed by atoms with Crippen molar-refractivity contribution in [1.82, 2.24) is 5.32 Å². The summed E-state index contributed by atoms with van der Waals surface area (Å²) < 4.78 is 5.32. The predicted octanol–water partition coefficient (Wildman–Crippen LogP) is 10.8. The summed E-state index contributed by atoms with van der Waals surface area (Å²) in [6, 6.07) is 12.0. The molecule has 0 spiro atoms. The van der Waals surface area contributed by atoms with Gasteiger partial charge in [-0.05, 0) is 126 Å². The summed E-state index contributed by atoms with van der Waals surface area (Å²) in [4.78, 5) is 28.5. The number of Topliss-reactive ketones (excluding diaryl/α,β-unsaturated/α-hetero) is 2. The second-order valence-electron chi connectivity index (χ2n) is 12.8. The first-order chi connectivity index (χ1) is 22.9. The van der Waals surface area contributed by atoms with Crippen LogP contribution in [0.4, 0.5) is 5.69 Å². The molecular formula is C42H67N3O3. The van der Waals surface area contributed by atoms with E-state index in [1.807, 2.05) is 97.1 Å². The summed E-state index contributed by atoms with van der Waals surface area (Å²) in [5.41, 5.74) is 7.10. The first kappa shape index (κ1) is 44.5. The number of allylic oxidation sites excluding steroid dienone is 3. The number of unbranched alkanes of at least 4 members (excludes halogenated alkanes) is 2. The normalized spacial score (nSPS) is 12.2. The van der Waals surface area contributed by atoms with Crippen molar-refractivity contribution in [2.45, 2.75) is 115 Å². The zero-order valence-electron chi connectivity index (χ0n) is 32.4. The van der Waals surface area contributed by atoms with Gasteiger partial charge < -0.3 is 15.4 Å². The minimum atomic E-state index is 0.00593. The second-order valence-corrected chi connectivity index (χ2v) is 12.8. The molecule has 1 atom stereocenters. The maximum Gasteiger partial charge on any atom is 0.165 e. The number of hydrogen-bond donors (Lipinski definition) is 2. The molecular weight excluding hydrogens is 594 g/mol. The van der Waals surface area contributed by atoms with E-state index in [0.29, 0.717) is 12.3 Å². The third-order valence-corrected chi connectivity index (χ3v) is 7.98. The Morgan fingerprint density at radius 3 is 2.12 bits per heavy atom. The van der Waals surface area contributed by atoms with Crippen molar-refractivity contribution in [1.29, 1.82) is 0 Å². The fourth-order valence-electron chi connectivity index (χ4n) is 4.62. The Hall–Kier alpha value is -3.51. The summed E-state index contributed by atoms with van der Waals surface area (Å²) in [7, 11) is 1.68. The molecule has 0 aliphatic carbocycles. The lowest BCUT2D eigenvalue weighted by molar-refractivity contribution is -0.122. The SMILES string of the molecule is C/C=C\C.CCCCCC(=O)C(C)CCNCCC.COc1ccc(/C(C)=C/N=C(C)CNc2ccc(C(=O)C(C)C)c(C)c2)cc1C. The molecule has 6 nitrogen and oxygen atoms in total. The van der Waals surface area contributed by atoms with Crippen LogP contribution >= 0.6 is 0 Å². The van der Waals surface area contributed by atoms with E-state index in [1.165, 1.54) is 19.3 Å². The van der Waals surface area contributed by atoms with Gasteiger partial charge in [-0.2, -0.15) is 0 Å². The molecule has 1 unspecified atom stereocenters. The molecule has 0 saturated carbocycles. The average Bonchev–Trinajstić information content (AvgIpc) is 3.08. The lowest BCUT2D eigenvalue weighted by Gasteiger charge is -2.11. The second kappa shape index (κ2) is 26.4. The highest BCUT2D eigenvalue weighted by atomic mass is 16.5. The van der Waals surface area contributed by atoms with Crippen LogP contribution in [0.3, 0.4) is 0 Å². The first-order valence-electron chi connectivity index (χ1n) is 17.9. The summed E-state index contributed by atoms with van der Waals surface area (Å²) >= 11 is 0. The fourth-order valence-corrected chi connectivity index (χ4v) is 4.62. The number of anilines is 1. The van der Waals surface area contributed by atoms with Crippen molar-refractivity contribution in [2.24, 2.45) is 16.8 Å². The van der Waals surface area contributed by atoms with E-state index in [0.717, 1.165) is 77.3 Å². The van der Waals surface area contributed by atoms with E-state index in [1.54, 1.807) is 7.11 Å². The fraction of sp³-hybridized carbons (Fsp3) is 0.548. The number of nitrogens with one attached hydrogen (secondary N) is 2. The Morgan fingerprint density at radius 1 is 0.896 bits per heavy atom. The van der Waals surface area contributed by atoms with E-state index >= 15 is 0 Å². The summed E-state index contributed by atoms with van der Waals surface area (Å²) in [5.74, 6) is 1.77. The number of rotatable bonds is 18. The van der Waals surface area contributed by atoms with Gasteiger partial charge in [-0.25, -0.2) is 0 Å². The van der Waals surface area contributed by atoms with E-state index in [-0.39, 0.29) is 17.6 Å². The molecule has 2 aromatic carbocycles. The van der Waals surface area contributed by atoms with Gasteiger partial charge in [-0.1, -0.05) is 65.7 Å². The third-order valence-electron chi connectivity index (χ3n) is 7.98. The molecule has 0 radical (unpaired) electrons. The number of carbonyl (C=O) groups excluding carboxylic acids is 2. The van der Waals surface area contributed by atoms with Crippen LogP contribution in [0, 0.1) is 25.7 Å². The monoisotopic (exact) mass is 662 g/mol. The number of nitrogens with zero attached hydrogens (tertiary/aromatic N) is 1. The first-order valence-corrected chi connectivity index (χ1v) is 17.9. The van der Waals surface area contributed by atoms with Gasteiger partial charge in [-0.3, -0.25) is 14.6 Å². The van der Waals surface area contributed by atoms with Crippen molar-refractivity contribution < 1.29 is 14.3 Å². The topological polar surface area (TPSA) is 79.8 Å². The lowest BCUT2D eigenvalue weighted by Crippen LogP contribution is -2.21. The molecule has 48 heavy (non-hydrogen) atoms. The number of hydrogen-bond acceptors (Lipinski definition) is 6. The van der Waals surface area contributed by atoms with Gasteiger partial charge in [-0.15, -0.1) is 0 Å². The van der Waals surface area contributed by atoms with Crippen LogP contribution in [-0.4, -0.2) is 44.0 Å². The maximum atomic E-state index is 12.2. The number of ether oxygens (including phenoxy) is 1. The van der Waals surface area contributed by atoms with E-state index in [9.17, 15) is 9.59 Å². The molecule has 0 saturated heterocycles. The minimum Gasteiger partial charge on any atom is -0.496 e. The number of methoxy groups -OCH3 is 1. The predicted molar refractivity (Wildman–Crippen MR) is 210 cm³/mol. The zero-order valence-corrected chi connectivity index (χ0v) is 32.4. The van der Waals surface area contributed by atoms with Crippen LogP contribution in [0.25, 0.3) is 5.57 Å². The Balaban J connectivity index is 0.000000974. The van der Waals surface area contributed by atoms with Crippen LogP contribution < -0.4 is 15.4 Å². The van der Waals surface area contributed by atoms with Crippen molar-refractivity contribution in [3.05, 3.63) is 77.0 Å². The highest BCUT2D eigenvalue weighted by Gasteiger charge is 2.13. The van der Waals surface area contributed by atoms with Crippen molar-refractivity contribution in [3.8, 4) is 5.75 Å². The molecule has 2 N–H and O–H groups in total. The number of carbonyl (C=O) groups is 2. The van der Waals surface area contributed by atoms with Crippen LogP contribution in [0.2, 0.25) is 0 Å². The molecule has 0 bridgehead atoms. The highest BCUT2D eigenvalue weighted by Crippen LogP contribution is 2.23. The molecule has 0 amide bonds. The lowest BCUT2D eigenvalue weighted by atomic mass is 9.97. The van der Waals surface area contributed by atoms with Gasteiger partial charge in [0.05, 0.1) is 13.7 Å². The highest BCUT2D eigenvalue weighted by molar-refractivity contribution is 5.99. The number of aliphatic imine (C=N–C) groups is 1. The molecule has 0 aromatic heterocycles. The van der Waals surface area contributed by atoms with Crippen LogP contribution in [0.15, 0.2) is 59.7 Å². The Labute approximate surface area is 294 Å². The number of ketones is 2. The number of aryl methyl sites for hydroxylation is 2. The molecule has 2 rings (SSSR count). The Bertz CT molecular complexity index is 1300. The average molecular weight is 662 g/mol. The Kier molecular flexibility index (Phi) is 24.5. The van der Waals surface area contributed by atoms with Crippen LogP contribution in [0.1, 0.15) is 128 Å². The van der Waals surface area contributed by atoms with Gasteiger partial charge in [0, 0.05) is 41.4 Å². The summed E-state index contributed by atoms with van der Waals surface area (Å²) in [6.45, 7) is 25.0. The van der Waals surface area contributed by atoms with Crippen LogP contribution in [0.5, 0.6) is 5.75 Å². The molecule has 0 fully saturated rings. The number of benzene rings is 2. The molecule has 0 aliphatic rings.